The van der Waals surface area contributed by atoms with Crippen LogP contribution in [-0.4, -0.2) is 72.9 Å². The molecule has 7 aromatic rings. The highest BCUT2D eigenvalue weighted by Crippen LogP contribution is 2.40. The van der Waals surface area contributed by atoms with Crippen molar-refractivity contribution in [3.05, 3.63) is 49.1 Å². The molecular weight excluding hydrogens is 1160 g/mol. The molecule has 4 unspecified atom stereocenters. The topological polar surface area (TPSA) is 142 Å². The van der Waals surface area contributed by atoms with Gasteiger partial charge in [0.2, 0.25) is 22.6 Å². The Hall–Kier alpha value is -3.91. The third-order valence-electron chi connectivity index (χ3n) is 15.8. The van der Waals surface area contributed by atoms with Crippen molar-refractivity contribution in [2.45, 2.75) is 178 Å². The number of rotatable bonds is 28. The molecule has 7 aromatic heterocycles. The third-order valence-corrected chi connectivity index (χ3v) is 21.5. The van der Waals surface area contributed by atoms with E-state index >= 15 is 0 Å². The first-order chi connectivity index (χ1) is 38.1. The summed E-state index contributed by atoms with van der Waals surface area (Å²) in [5, 5.41) is 1.81. The normalized spacial score (nSPS) is 13.8. The van der Waals surface area contributed by atoms with Crippen LogP contribution in [0.3, 0.4) is 0 Å². The van der Waals surface area contributed by atoms with Crippen LogP contribution in [0, 0.1) is 23.7 Å². The average Bonchev–Trinajstić information content (AvgIpc) is 4.14. The van der Waals surface area contributed by atoms with Gasteiger partial charge in [0.1, 0.15) is 11.0 Å². The van der Waals surface area contributed by atoms with Crippen molar-refractivity contribution in [1.29, 1.82) is 0 Å². The lowest BCUT2D eigenvalue weighted by Gasteiger charge is -2.13. The van der Waals surface area contributed by atoms with Crippen molar-refractivity contribution < 1.29 is 7.35 Å². The standard InChI is InChI=1S/C61H79IN12S4/c1-10-18-22-38(14-5)34-75-42-26-46-51(64-31-42)57-67-54(46)69-60-52-48(28-44(32-65-52)77-36-40(16-7)24-20-12-3)58(73(60)9)71-56-50-47(27-43(30-63-50)76-35-39(15-6)23-19-11-2)55(68-56)70-61-53-49(59(72-57)74(61)62)29-45(33-66-53)78-37-41(17-8)25-21-13-4/h26-33,38-41H,10-25,34-37H2,1-9H3/p+2. The molecule has 9 heterocycles. The molecule has 0 fully saturated rings. The van der Waals surface area contributed by atoms with Gasteiger partial charge in [-0.1, -0.05) is 152 Å². The zero-order valence-corrected chi connectivity index (χ0v) is 53.0. The van der Waals surface area contributed by atoms with Crippen LogP contribution < -0.4 is 7.35 Å². The Kier molecular flexibility index (Phi) is 21.2. The molecule has 12 nitrogen and oxygen atoms in total. The Bertz CT molecular complexity index is 3140. The van der Waals surface area contributed by atoms with Gasteiger partial charge in [-0.15, -0.1) is 47.0 Å². The molecule has 4 atom stereocenters. The van der Waals surface area contributed by atoms with Crippen molar-refractivity contribution in [2.75, 3.05) is 23.0 Å². The molecule has 0 saturated heterocycles. The average molecular weight is 1240 g/mol. The Morgan fingerprint density at radius 3 is 1.19 bits per heavy atom. The Morgan fingerprint density at radius 1 is 0.436 bits per heavy atom. The van der Waals surface area contributed by atoms with Crippen molar-refractivity contribution >= 4 is 114 Å². The molecule has 2 aliphatic rings. The summed E-state index contributed by atoms with van der Waals surface area (Å²) in [6.07, 6.45) is 27.5. The molecule has 2 N–H and O–H groups in total. The number of thioether (sulfide) groups is 4. The van der Waals surface area contributed by atoms with E-state index in [1.165, 1.54) is 77.0 Å². The van der Waals surface area contributed by atoms with E-state index in [-0.39, 0.29) is 0 Å². The molecule has 0 spiro atoms. The van der Waals surface area contributed by atoms with Gasteiger partial charge >= 0.3 is 5.82 Å². The van der Waals surface area contributed by atoms with E-state index in [1.54, 1.807) is 0 Å². The molecule has 0 amide bonds. The number of H-pyrrole nitrogens is 2. The molecule has 17 heteroatoms. The summed E-state index contributed by atoms with van der Waals surface area (Å²) >= 11 is 9.92. The Morgan fingerprint density at radius 2 is 0.782 bits per heavy atom. The van der Waals surface area contributed by atoms with Crippen LogP contribution in [0.1, 0.15) is 158 Å². The van der Waals surface area contributed by atoms with Crippen LogP contribution in [0.2, 0.25) is 0 Å². The van der Waals surface area contributed by atoms with Crippen LogP contribution in [0.5, 0.6) is 0 Å². The van der Waals surface area contributed by atoms with Crippen LogP contribution in [0.4, 0.5) is 0 Å². The zero-order chi connectivity index (χ0) is 54.7. The van der Waals surface area contributed by atoms with Crippen LogP contribution in [-0.2, 0) is 7.05 Å². The van der Waals surface area contributed by atoms with Gasteiger partial charge in [-0.25, -0.2) is 24.5 Å². The van der Waals surface area contributed by atoms with Crippen molar-refractivity contribution in [3.63, 3.8) is 0 Å². The molecule has 414 valence electrons. The second-order valence-corrected chi connectivity index (χ2v) is 26.7. The highest BCUT2D eigenvalue weighted by Gasteiger charge is 2.35. The van der Waals surface area contributed by atoms with E-state index in [2.05, 4.69) is 127 Å². The fourth-order valence-corrected chi connectivity index (χ4v) is 15.8. The lowest BCUT2D eigenvalue weighted by molar-refractivity contribution is -0.650. The van der Waals surface area contributed by atoms with Gasteiger partial charge in [0.05, 0.1) is 28.9 Å². The minimum absolute atomic E-state index is 0.626. The van der Waals surface area contributed by atoms with Gasteiger partial charge in [-0.3, -0.25) is 9.97 Å². The van der Waals surface area contributed by atoms with Gasteiger partial charge in [0, 0.05) is 67.4 Å². The number of fused-ring (bicyclic) bond motifs is 20. The summed E-state index contributed by atoms with van der Waals surface area (Å²) in [7, 11) is 2.05. The fraction of sp³-hybridized carbons (Fsp3) is 0.541. The van der Waals surface area contributed by atoms with Crippen LogP contribution in [0.15, 0.2) is 68.6 Å². The predicted octanol–water partition coefficient (Wildman–Crippen LogP) is 17.2. The van der Waals surface area contributed by atoms with Crippen LogP contribution >= 0.6 is 69.9 Å². The molecule has 9 rings (SSSR count). The molecule has 78 heavy (non-hydrogen) atoms. The predicted molar refractivity (Wildman–Crippen MR) is 339 cm³/mol. The smallest absolute Gasteiger partial charge is 0.295 e. The van der Waals surface area contributed by atoms with Crippen molar-refractivity contribution in [3.8, 4) is 45.8 Å². The number of hydrogen-bond donors (Lipinski definition) is 2. The minimum atomic E-state index is 0.626. The molecule has 0 aromatic carbocycles. The van der Waals surface area contributed by atoms with E-state index in [9.17, 15) is 0 Å². The molecular formula is C61H81IN12S4+2. The first-order valence-electron chi connectivity index (χ1n) is 29.2. The largest absolute Gasteiger partial charge is 0.300 e. The van der Waals surface area contributed by atoms with E-state index in [1.807, 2.05) is 71.8 Å². The molecule has 0 saturated carbocycles. The van der Waals surface area contributed by atoms with E-state index in [0.717, 1.165) is 124 Å². The van der Waals surface area contributed by atoms with Crippen molar-refractivity contribution in [1.82, 2.24) is 49.8 Å². The number of unbranched alkanes of at least 4 members (excludes halogenated alkanes) is 4. The summed E-state index contributed by atoms with van der Waals surface area (Å²) < 4.78 is 4.14. The minimum Gasteiger partial charge on any atom is -0.295 e. The SMILES string of the molecule is CCCCC(CC)CSc1cnc2c(c1)-c1nc3[nH]c(nc4[n+](I)c(nc5[nH]c(nc-2[n+]1C)c1cc(SCC(CC)CCCC)cnc51)-c1cc(SCC(CC)CCCC)cnc1-4)c1cc(SCC(CC)CCCC)cnc31. The highest BCUT2D eigenvalue weighted by molar-refractivity contribution is 14.1. The van der Waals surface area contributed by atoms with Crippen LogP contribution in [0.25, 0.3) is 90.2 Å². The molecule has 8 bridgehead atoms. The number of nitrogens with zero attached hydrogens (tertiary/aromatic N) is 10. The second kappa shape index (κ2) is 28.2. The van der Waals surface area contributed by atoms with Gasteiger partial charge < -0.3 is 0 Å². The van der Waals surface area contributed by atoms with E-state index in [0.29, 0.717) is 57.9 Å². The van der Waals surface area contributed by atoms with Gasteiger partial charge in [0.15, 0.2) is 34.3 Å². The number of halogens is 1. The number of aromatic amines is 2. The first-order valence-corrected chi connectivity index (χ1v) is 34.1. The molecule has 2 aliphatic heterocycles. The lowest BCUT2D eigenvalue weighted by Crippen LogP contribution is -2.31. The highest BCUT2D eigenvalue weighted by atomic mass is 127. The summed E-state index contributed by atoms with van der Waals surface area (Å²) in [6, 6.07) is 9.03. The summed E-state index contributed by atoms with van der Waals surface area (Å²) in [5.74, 6) is 9.60. The zero-order valence-electron chi connectivity index (χ0n) is 47.6. The number of nitrogens with one attached hydrogen (secondary N) is 2. The number of pyridine rings is 4. The monoisotopic (exact) mass is 1240 g/mol. The van der Waals surface area contributed by atoms with E-state index in [4.69, 9.17) is 39.9 Å². The summed E-state index contributed by atoms with van der Waals surface area (Å²) in [4.78, 5) is 55.2. The fourth-order valence-electron chi connectivity index (χ4n) is 10.4. The third kappa shape index (κ3) is 13.5. The first kappa shape index (κ1) is 58.7. The number of hydrogen-bond acceptors (Lipinski definition) is 12. The summed E-state index contributed by atoms with van der Waals surface area (Å²) in [6.45, 7) is 18.4. The second-order valence-electron chi connectivity index (χ2n) is 21.4. The molecule has 0 aliphatic carbocycles. The quantitative estimate of drug-likeness (QED) is 0.0274. The number of aromatic nitrogens is 12. The maximum Gasteiger partial charge on any atom is 0.300 e. The van der Waals surface area contributed by atoms with Gasteiger partial charge in [-0.2, -0.15) is 2.78 Å². The maximum absolute atomic E-state index is 5.57. The van der Waals surface area contributed by atoms with Gasteiger partial charge in [0.25, 0.3) is 17.5 Å². The van der Waals surface area contributed by atoms with Gasteiger partial charge in [-0.05, 0) is 73.6 Å². The maximum atomic E-state index is 5.57. The van der Waals surface area contributed by atoms with Crippen molar-refractivity contribution in [2.24, 2.45) is 30.7 Å². The Balaban J connectivity index is 1.29. The van der Waals surface area contributed by atoms with E-state index < -0.39 is 0 Å². The Labute approximate surface area is 494 Å². The molecule has 0 radical (unpaired) electrons. The lowest BCUT2D eigenvalue weighted by atomic mass is 10.0. The summed E-state index contributed by atoms with van der Waals surface area (Å²) in [5.41, 5.74) is 7.50.